The average molecular weight is 301 g/mol. The first-order chi connectivity index (χ1) is 9.83. The van der Waals surface area contributed by atoms with E-state index in [-0.39, 0.29) is 29.0 Å². The lowest BCUT2D eigenvalue weighted by molar-refractivity contribution is -0.274. The number of ketones is 1. The number of hydrogen-bond donors (Lipinski definition) is 1. The molecule has 1 aliphatic rings. The Morgan fingerprint density at radius 3 is 2.24 bits per heavy atom. The van der Waals surface area contributed by atoms with Gasteiger partial charge in [-0.05, 0) is 37.1 Å². The van der Waals surface area contributed by atoms with Gasteiger partial charge in [0.15, 0.2) is 0 Å². The molecular weight excluding hydrogens is 287 g/mol. The maximum Gasteiger partial charge on any atom is 0.573 e. The van der Waals surface area contributed by atoms with Gasteiger partial charge in [0.05, 0.1) is 0 Å². The zero-order valence-corrected chi connectivity index (χ0v) is 11.1. The van der Waals surface area contributed by atoms with Crippen LogP contribution in [0, 0.1) is 0 Å². The van der Waals surface area contributed by atoms with Crippen molar-refractivity contribution in [2.24, 2.45) is 0 Å². The molecule has 0 aromatic heterocycles. The van der Waals surface area contributed by atoms with Gasteiger partial charge in [0.2, 0.25) is 0 Å². The van der Waals surface area contributed by atoms with Crippen molar-refractivity contribution >= 4 is 11.7 Å². The van der Waals surface area contributed by atoms with E-state index in [4.69, 9.17) is 0 Å². The van der Waals surface area contributed by atoms with E-state index in [1.165, 1.54) is 12.1 Å². The van der Waals surface area contributed by atoms with E-state index in [1.807, 2.05) is 0 Å². The predicted octanol–water partition coefficient (Wildman–Crippen LogP) is 2.83. The fraction of sp³-hybridized carbons (Fsp3) is 0.429. The molecule has 0 saturated heterocycles. The molecule has 0 atom stereocenters. The van der Waals surface area contributed by atoms with Crippen LogP contribution in [0.4, 0.5) is 13.2 Å². The summed E-state index contributed by atoms with van der Waals surface area (Å²) >= 11 is 0. The van der Waals surface area contributed by atoms with E-state index in [2.05, 4.69) is 10.1 Å². The van der Waals surface area contributed by atoms with Crippen LogP contribution in [0.25, 0.3) is 0 Å². The third-order valence-electron chi connectivity index (χ3n) is 3.23. The summed E-state index contributed by atoms with van der Waals surface area (Å²) in [4.78, 5) is 23.0. The van der Waals surface area contributed by atoms with Gasteiger partial charge in [0, 0.05) is 24.4 Å². The Hall–Kier alpha value is -2.05. The highest BCUT2D eigenvalue weighted by molar-refractivity contribution is 5.94. The molecular formula is C14H14F3NO3. The van der Waals surface area contributed by atoms with Gasteiger partial charge < -0.3 is 10.1 Å². The van der Waals surface area contributed by atoms with E-state index >= 15 is 0 Å². The summed E-state index contributed by atoms with van der Waals surface area (Å²) in [6.45, 7) is 0. The van der Waals surface area contributed by atoms with Gasteiger partial charge in [-0.2, -0.15) is 0 Å². The fourth-order valence-corrected chi connectivity index (χ4v) is 2.16. The van der Waals surface area contributed by atoms with Gasteiger partial charge in [-0.1, -0.05) is 0 Å². The Balaban J connectivity index is 1.92. The molecule has 1 aromatic rings. The number of Topliss-reactive ketones (excluding diaryl/α,β-unsaturated/α-hetero) is 1. The molecule has 1 aliphatic carbocycles. The van der Waals surface area contributed by atoms with Crippen LogP contribution in [0.3, 0.4) is 0 Å². The zero-order chi connectivity index (χ0) is 15.5. The predicted molar refractivity (Wildman–Crippen MR) is 67.9 cm³/mol. The molecule has 0 bridgehead atoms. The lowest BCUT2D eigenvalue weighted by Crippen LogP contribution is -2.37. The van der Waals surface area contributed by atoms with Crippen molar-refractivity contribution in [3.63, 3.8) is 0 Å². The van der Waals surface area contributed by atoms with E-state index < -0.39 is 6.36 Å². The Bertz CT molecular complexity index is 515. The number of hydrogen-bond acceptors (Lipinski definition) is 3. The number of benzene rings is 1. The summed E-state index contributed by atoms with van der Waals surface area (Å²) in [5, 5.41) is 2.77. The van der Waals surface area contributed by atoms with Gasteiger partial charge >= 0.3 is 6.36 Å². The van der Waals surface area contributed by atoms with Crippen LogP contribution < -0.4 is 10.1 Å². The van der Waals surface area contributed by atoms with Crippen molar-refractivity contribution in [1.29, 1.82) is 0 Å². The van der Waals surface area contributed by atoms with E-state index in [0.717, 1.165) is 12.1 Å². The number of carbonyl (C=O) groups excluding carboxylic acids is 2. The molecule has 0 radical (unpaired) electrons. The summed E-state index contributed by atoms with van der Waals surface area (Å²) in [5.74, 6) is -0.552. The van der Waals surface area contributed by atoms with Crippen LogP contribution in [0.2, 0.25) is 0 Å². The van der Waals surface area contributed by atoms with Crippen molar-refractivity contribution in [3.05, 3.63) is 29.8 Å². The molecule has 0 heterocycles. The second-order valence-electron chi connectivity index (χ2n) is 4.86. The minimum Gasteiger partial charge on any atom is -0.406 e. The second kappa shape index (κ2) is 6.15. The van der Waals surface area contributed by atoms with Crippen LogP contribution in [0.15, 0.2) is 24.3 Å². The summed E-state index contributed by atoms with van der Waals surface area (Å²) in [6, 6.07) is 4.65. The third-order valence-corrected chi connectivity index (χ3v) is 3.23. The van der Waals surface area contributed by atoms with Crippen molar-refractivity contribution in [1.82, 2.24) is 5.32 Å². The zero-order valence-electron chi connectivity index (χ0n) is 11.1. The van der Waals surface area contributed by atoms with Crippen LogP contribution in [0.1, 0.15) is 36.0 Å². The fourth-order valence-electron chi connectivity index (χ4n) is 2.16. The van der Waals surface area contributed by atoms with E-state index in [0.29, 0.717) is 25.7 Å². The molecule has 1 amide bonds. The van der Waals surface area contributed by atoms with Crippen molar-refractivity contribution in [2.75, 3.05) is 0 Å². The largest absolute Gasteiger partial charge is 0.573 e. The standard InChI is InChI=1S/C14H14F3NO3/c15-14(16,17)21-12-7-1-9(2-8-12)13(20)18-10-3-5-11(19)6-4-10/h1-2,7-8,10H,3-6H2,(H,18,20). The van der Waals surface area contributed by atoms with Crippen molar-refractivity contribution < 1.29 is 27.5 Å². The third kappa shape index (κ3) is 4.77. The molecule has 21 heavy (non-hydrogen) atoms. The number of alkyl halides is 3. The SMILES string of the molecule is O=C1CCC(NC(=O)c2ccc(OC(F)(F)F)cc2)CC1. The molecule has 7 heteroatoms. The van der Waals surface area contributed by atoms with Crippen LogP contribution in [0.5, 0.6) is 5.75 Å². The van der Waals surface area contributed by atoms with Gasteiger partial charge in [-0.15, -0.1) is 13.2 Å². The number of carbonyl (C=O) groups is 2. The lowest BCUT2D eigenvalue weighted by Gasteiger charge is -2.22. The number of rotatable bonds is 3. The number of amides is 1. The molecule has 1 aromatic carbocycles. The first kappa shape index (κ1) is 15.3. The normalized spacial score (nSPS) is 16.6. The van der Waals surface area contributed by atoms with Crippen LogP contribution in [-0.4, -0.2) is 24.1 Å². The molecule has 1 saturated carbocycles. The first-order valence-corrected chi connectivity index (χ1v) is 6.52. The first-order valence-electron chi connectivity index (χ1n) is 6.52. The summed E-state index contributed by atoms with van der Waals surface area (Å²) in [7, 11) is 0. The number of nitrogens with one attached hydrogen (secondary N) is 1. The Labute approximate surface area is 119 Å². The molecule has 4 nitrogen and oxygen atoms in total. The Kier molecular flexibility index (Phi) is 4.50. The van der Waals surface area contributed by atoms with E-state index in [1.54, 1.807) is 0 Å². The topological polar surface area (TPSA) is 55.4 Å². The molecule has 1 N–H and O–H groups in total. The Morgan fingerprint density at radius 2 is 1.71 bits per heavy atom. The van der Waals surface area contributed by atoms with E-state index in [9.17, 15) is 22.8 Å². The number of halogens is 3. The van der Waals surface area contributed by atoms with Gasteiger partial charge in [0.1, 0.15) is 11.5 Å². The van der Waals surface area contributed by atoms with Crippen LogP contribution in [-0.2, 0) is 4.79 Å². The summed E-state index contributed by atoms with van der Waals surface area (Å²) < 4.78 is 39.8. The minimum atomic E-state index is -4.75. The van der Waals surface area contributed by atoms with Crippen molar-refractivity contribution in [3.8, 4) is 5.75 Å². The molecule has 114 valence electrons. The monoisotopic (exact) mass is 301 g/mol. The lowest BCUT2D eigenvalue weighted by atomic mass is 9.94. The Morgan fingerprint density at radius 1 is 1.14 bits per heavy atom. The highest BCUT2D eigenvalue weighted by Crippen LogP contribution is 2.23. The van der Waals surface area contributed by atoms with Gasteiger partial charge in [-0.25, -0.2) is 0 Å². The highest BCUT2D eigenvalue weighted by Gasteiger charge is 2.31. The minimum absolute atomic E-state index is 0.0682. The highest BCUT2D eigenvalue weighted by atomic mass is 19.4. The molecule has 1 fully saturated rings. The summed E-state index contributed by atoms with van der Waals surface area (Å²) in [6.07, 6.45) is -2.66. The van der Waals surface area contributed by atoms with Gasteiger partial charge in [0.25, 0.3) is 5.91 Å². The molecule has 0 spiro atoms. The maximum atomic E-state index is 12.0. The smallest absolute Gasteiger partial charge is 0.406 e. The summed E-state index contributed by atoms with van der Waals surface area (Å²) in [5.41, 5.74) is 0.251. The molecule has 0 unspecified atom stereocenters. The van der Waals surface area contributed by atoms with Gasteiger partial charge in [-0.3, -0.25) is 9.59 Å². The second-order valence-corrected chi connectivity index (χ2v) is 4.86. The number of ether oxygens (including phenoxy) is 1. The molecule has 0 aliphatic heterocycles. The van der Waals surface area contributed by atoms with Crippen LogP contribution >= 0.6 is 0 Å². The average Bonchev–Trinajstić information content (AvgIpc) is 2.40. The molecule has 2 rings (SSSR count). The maximum absolute atomic E-state index is 12.0. The van der Waals surface area contributed by atoms with Crippen molar-refractivity contribution in [2.45, 2.75) is 38.1 Å². The quantitative estimate of drug-likeness (QED) is 0.934.